The minimum Gasteiger partial charge on any atom is -0.311 e. The second-order valence-corrected chi connectivity index (χ2v) is 26.3. The Morgan fingerprint density at radius 2 is 0.872 bits per heavy atom. The SMILES string of the molecule is Cc1ccc(N2c3cc4c(cc3B3c5cc(C(C)(C)C)ccc5N(c5ccc(C(C)(C)C)cc5)c5cc(C)cc2c53)-c2ccccc2C42c3ccccc3-c3ccc(-c4cc(-c5ccccc5)nc(-c5ccccc5)n4)cc32)c(-c2ccccc2)c1. The highest BCUT2D eigenvalue weighted by Gasteiger charge is 2.54. The van der Waals surface area contributed by atoms with E-state index in [0.29, 0.717) is 5.82 Å². The lowest BCUT2D eigenvalue weighted by molar-refractivity contribution is 0.590. The normalized spacial score (nSPS) is 15.0. The van der Waals surface area contributed by atoms with Gasteiger partial charge in [0.2, 0.25) is 0 Å². The van der Waals surface area contributed by atoms with E-state index in [1.165, 1.54) is 117 Å². The van der Waals surface area contributed by atoms with Crippen LogP contribution in [0.15, 0.2) is 249 Å². The van der Waals surface area contributed by atoms with Crippen LogP contribution in [0.25, 0.3) is 67.3 Å². The molecule has 3 heterocycles. The number of hydrogen-bond acceptors (Lipinski definition) is 4. The van der Waals surface area contributed by atoms with Crippen molar-refractivity contribution in [3.05, 3.63) is 293 Å². The molecule has 11 aromatic carbocycles. The highest BCUT2D eigenvalue weighted by Crippen LogP contribution is 2.64. The number of rotatable bonds is 6. The van der Waals surface area contributed by atoms with Crippen LogP contribution in [-0.2, 0) is 16.2 Å². The van der Waals surface area contributed by atoms with Crippen molar-refractivity contribution in [3.8, 4) is 67.3 Å². The molecule has 86 heavy (non-hydrogen) atoms. The van der Waals surface area contributed by atoms with Gasteiger partial charge in [-0.25, -0.2) is 9.97 Å². The molecule has 0 amide bonds. The summed E-state index contributed by atoms with van der Waals surface area (Å²) in [5.74, 6) is 0.703. The molecule has 2 aliphatic carbocycles. The molecule has 412 valence electrons. The highest BCUT2D eigenvalue weighted by molar-refractivity contribution is 7.00. The molecule has 16 rings (SSSR count). The standard InChI is InChI=1S/C81H65BN4/c1-50-32-40-72(62(42-50)52-22-12-9-13-23-52)86-74-48-67-63(47-69(74)82-68-46-57(80(6,7)8)36-41-73(68)85(75-43-51(2)44-76(86)77(75)82)58-37-34-56(35-38-58)79(3,4)5)60-29-19-21-31-65(60)81(67)64-30-20-18-28-59(64)61-39-33-55(45-66(61)81)71-49-70(53-24-14-10-15-25-53)83-78(84-71)54-26-16-11-17-27-54/h9-49H,1-8H3. The summed E-state index contributed by atoms with van der Waals surface area (Å²) in [6, 6.07) is 93.7. The zero-order valence-corrected chi connectivity index (χ0v) is 50.0. The van der Waals surface area contributed by atoms with Crippen molar-refractivity contribution in [1.29, 1.82) is 0 Å². The number of aryl methyl sites for hydroxylation is 2. The Bertz CT molecular complexity index is 4690. The fourth-order valence-corrected chi connectivity index (χ4v) is 14.8. The predicted octanol–water partition coefficient (Wildman–Crippen LogP) is 18.8. The second kappa shape index (κ2) is 19.1. The molecule has 5 heteroatoms. The van der Waals surface area contributed by atoms with Crippen molar-refractivity contribution in [3.63, 3.8) is 0 Å². The number of benzene rings is 11. The first kappa shape index (κ1) is 51.8. The molecule has 0 saturated carbocycles. The fourth-order valence-electron chi connectivity index (χ4n) is 14.8. The molecule has 12 aromatic rings. The Balaban J connectivity index is 1.00. The lowest BCUT2D eigenvalue weighted by Gasteiger charge is -2.45. The minimum absolute atomic E-state index is 0.0145. The first-order valence-electron chi connectivity index (χ1n) is 30.4. The van der Waals surface area contributed by atoms with Gasteiger partial charge < -0.3 is 9.80 Å². The monoisotopic (exact) mass is 1100 g/mol. The molecule has 1 atom stereocenters. The largest absolute Gasteiger partial charge is 0.311 e. The number of fused-ring (bicyclic) bond motifs is 14. The maximum absolute atomic E-state index is 5.43. The molecule has 1 aromatic heterocycles. The summed E-state index contributed by atoms with van der Waals surface area (Å²) < 4.78 is 0. The molecular weight excluding hydrogens is 1040 g/mol. The van der Waals surface area contributed by atoms with Gasteiger partial charge in [-0.15, -0.1) is 0 Å². The summed E-state index contributed by atoms with van der Waals surface area (Å²) in [5.41, 5.74) is 32.8. The maximum atomic E-state index is 5.43. The van der Waals surface area contributed by atoms with Crippen molar-refractivity contribution < 1.29 is 0 Å². The molecule has 2 aliphatic heterocycles. The molecule has 0 N–H and O–H groups in total. The minimum atomic E-state index is -0.681. The zero-order chi connectivity index (χ0) is 58.4. The number of aromatic nitrogens is 2. The summed E-state index contributed by atoms with van der Waals surface area (Å²) in [4.78, 5) is 15.9. The van der Waals surface area contributed by atoms with E-state index >= 15 is 0 Å². The lowest BCUT2D eigenvalue weighted by Crippen LogP contribution is -2.61. The molecule has 0 radical (unpaired) electrons. The van der Waals surface area contributed by atoms with Crippen LogP contribution >= 0.6 is 0 Å². The zero-order valence-electron chi connectivity index (χ0n) is 50.0. The van der Waals surface area contributed by atoms with E-state index < -0.39 is 5.41 Å². The predicted molar refractivity (Wildman–Crippen MR) is 361 cm³/mol. The van der Waals surface area contributed by atoms with E-state index in [1.54, 1.807) is 0 Å². The second-order valence-electron chi connectivity index (χ2n) is 26.3. The lowest BCUT2D eigenvalue weighted by atomic mass is 9.33. The van der Waals surface area contributed by atoms with Gasteiger partial charge in [-0.1, -0.05) is 235 Å². The van der Waals surface area contributed by atoms with Crippen LogP contribution in [-0.4, -0.2) is 16.7 Å². The highest BCUT2D eigenvalue weighted by atomic mass is 15.2. The molecule has 0 fully saturated rings. The molecule has 0 saturated heterocycles. The molecule has 1 spiro atoms. The van der Waals surface area contributed by atoms with Gasteiger partial charge in [0.25, 0.3) is 6.71 Å². The average Bonchev–Trinajstić information content (AvgIpc) is 1.43. The Hall–Kier alpha value is -9.84. The first-order valence-corrected chi connectivity index (χ1v) is 30.4. The van der Waals surface area contributed by atoms with Crippen LogP contribution < -0.4 is 26.2 Å². The van der Waals surface area contributed by atoms with Gasteiger partial charge in [-0.05, 0) is 168 Å². The van der Waals surface area contributed by atoms with Crippen LogP contribution in [0, 0.1) is 13.8 Å². The third-order valence-corrected chi connectivity index (χ3v) is 18.9. The van der Waals surface area contributed by atoms with Gasteiger partial charge >= 0.3 is 0 Å². The van der Waals surface area contributed by atoms with Crippen molar-refractivity contribution in [2.45, 2.75) is 71.6 Å². The quantitative estimate of drug-likeness (QED) is 0.155. The number of anilines is 6. The van der Waals surface area contributed by atoms with Crippen LogP contribution in [0.1, 0.15) is 86.1 Å². The van der Waals surface area contributed by atoms with E-state index in [9.17, 15) is 0 Å². The van der Waals surface area contributed by atoms with E-state index in [1.807, 2.05) is 0 Å². The Morgan fingerprint density at radius 1 is 0.337 bits per heavy atom. The van der Waals surface area contributed by atoms with Crippen molar-refractivity contribution in [2.24, 2.45) is 0 Å². The van der Waals surface area contributed by atoms with Gasteiger partial charge in [-0.2, -0.15) is 0 Å². The van der Waals surface area contributed by atoms with Crippen LogP contribution in [0.4, 0.5) is 34.1 Å². The van der Waals surface area contributed by atoms with Crippen LogP contribution in [0.2, 0.25) is 0 Å². The van der Waals surface area contributed by atoms with Gasteiger partial charge in [0.15, 0.2) is 5.82 Å². The van der Waals surface area contributed by atoms with Crippen molar-refractivity contribution >= 4 is 57.2 Å². The summed E-state index contributed by atoms with van der Waals surface area (Å²) in [6.45, 7) is 18.4. The third kappa shape index (κ3) is 7.83. The van der Waals surface area contributed by atoms with Gasteiger partial charge in [-0.3, -0.25) is 0 Å². The maximum Gasteiger partial charge on any atom is 0.252 e. The Labute approximate surface area is 506 Å². The number of nitrogens with zero attached hydrogens (tertiary/aromatic N) is 4. The first-order chi connectivity index (χ1) is 41.7. The molecule has 4 nitrogen and oxygen atoms in total. The van der Waals surface area contributed by atoms with Gasteiger partial charge in [0.05, 0.1) is 22.5 Å². The summed E-state index contributed by atoms with van der Waals surface area (Å²) in [7, 11) is 0. The Morgan fingerprint density at radius 3 is 1.53 bits per heavy atom. The number of hydrogen-bond donors (Lipinski definition) is 0. The molecule has 1 unspecified atom stereocenters. The van der Waals surface area contributed by atoms with E-state index in [0.717, 1.165) is 39.5 Å². The smallest absolute Gasteiger partial charge is 0.252 e. The van der Waals surface area contributed by atoms with Crippen LogP contribution in [0.3, 0.4) is 0 Å². The Kier molecular flexibility index (Phi) is 11.5. The summed E-state index contributed by atoms with van der Waals surface area (Å²) >= 11 is 0. The third-order valence-electron chi connectivity index (χ3n) is 18.9. The van der Waals surface area contributed by atoms with E-state index in [4.69, 9.17) is 9.97 Å². The summed E-state index contributed by atoms with van der Waals surface area (Å²) in [6.07, 6.45) is 0. The molecule has 0 bridgehead atoms. The van der Waals surface area contributed by atoms with Crippen LogP contribution in [0.5, 0.6) is 0 Å². The topological polar surface area (TPSA) is 32.3 Å². The van der Waals surface area contributed by atoms with Crippen molar-refractivity contribution in [1.82, 2.24) is 9.97 Å². The van der Waals surface area contributed by atoms with Gasteiger partial charge in [0.1, 0.15) is 0 Å². The van der Waals surface area contributed by atoms with E-state index in [-0.39, 0.29) is 17.5 Å². The molecule has 4 aliphatic rings. The van der Waals surface area contributed by atoms with Crippen molar-refractivity contribution in [2.75, 3.05) is 9.80 Å². The molecular formula is C81H65BN4. The fraction of sp³-hybridized carbons (Fsp3) is 0.136. The summed E-state index contributed by atoms with van der Waals surface area (Å²) in [5, 5.41) is 0. The average molecular weight is 1110 g/mol. The van der Waals surface area contributed by atoms with E-state index in [2.05, 4.69) is 314 Å². The van der Waals surface area contributed by atoms with Gasteiger partial charge in [0, 0.05) is 50.7 Å².